The fourth-order valence-electron chi connectivity index (χ4n) is 2.90. The molecule has 2 amide bonds. The van der Waals surface area contributed by atoms with E-state index in [0.29, 0.717) is 6.42 Å². The van der Waals surface area contributed by atoms with Gasteiger partial charge >= 0.3 is 6.03 Å². The summed E-state index contributed by atoms with van der Waals surface area (Å²) in [5.74, 6) is -0.205. The Morgan fingerprint density at radius 3 is 2.76 bits per heavy atom. The summed E-state index contributed by atoms with van der Waals surface area (Å²) in [6.45, 7) is 2.02. The molecule has 4 N–H and O–H groups in total. The van der Waals surface area contributed by atoms with Crippen LogP contribution in [0.2, 0.25) is 0 Å². The zero-order valence-electron chi connectivity index (χ0n) is 14.8. The van der Waals surface area contributed by atoms with Crippen molar-refractivity contribution in [1.82, 2.24) is 10.2 Å². The number of carbonyl (C=O) groups excluding carboxylic acids is 2. The van der Waals surface area contributed by atoms with Crippen molar-refractivity contribution in [3.8, 4) is 0 Å². The molecule has 1 saturated heterocycles. The van der Waals surface area contributed by atoms with Crippen molar-refractivity contribution in [1.29, 1.82) is 0 Å². The number of nitrogens with one attached hydrogen (secondary N) is 1. The Labute approximate surface area is 148 Å². The molecule has 25 heavy (non-hydrogen) atoms. The Morgan fingerprint density at radius 2 is 2.12 bits per heavy atom. The summed E-state index contributed by atoms with van der Waals surface area (Å²) in [6.07, 6.45) is 8.33. The molecule has 0 bridgehead atoms. The predicted octanol–water partition coefficient (Wildman–Crippen LogP) is 1.19. The van der Waals surface area contributed by atoms with Crippen LogP contribution < -0.4 is 11.1 Å². The number of Topliss-reactive ketones (excluding diaryl/α,β-unsaturated/α-hetero) is 1. The molecule has 8 heteroatoms. The van der Waals surface area contributed by atoms with E-state index in [-0.39, 0.29) is 19.0 Å². The Balaban J connectivity index is 1.82. The summed E-state index contributed by atoms with van der Waals surface area (Å²) in [5, 5.41) is 11.5. The minimum absolute atomic E-state index is 0.145. The van der Waals surface area contributed by atoms with Gasteiger partial charge in [0.05, 0.1) is 13.2 Å². The number of ketones is 1. The summed E-state index contributed by atoms with van der Waals surface area (Å²) in [5.41, 5.74) is 4.58. The van der Waals surface area contributed by atoms with Gasteiger partial charge in [-0.2, -0.15) is 0 Å². The molecule has 2 aliphatic heterocycles. The second-order valence-corrected chi connectivity index (χ2v) is 6.50. The fourth-order valence-corrected chi connectivity index (χ4v) is 2.90. The fraction of sp³-hybridized carbons (Fsp3) is 0.765. The van der Waals surface area contributed by atoms with Gasteiger partial charge in [-0.15, -0.1) is 0 Å². The van der Waals surface area contributed by atoms with E-state index < -0.39 is 24.2 Å². The number of ether oxygens (including phenoxy) is 2. The molecule has 0 aromatic heterocycles. The van der Waals surface area contributed by atoms with Gasteiger partial charge in [0.25, 0.3) is 0 Å². The number of hydrogen-bond donors (Lipinski definition) is 3. The quantitative estimate of drug-likeness (QED) is 0.507. The third-order valence-electron chi connectivity index (χ3n) is 4.46. The molecule has 3 atom stereocenters. The zero-order valence-corrected chi connectivity index (χ0v) is 14.8. The molecule has 2 aliphatic rings. The maximum absolute atomic E-state index is 12.4. The van der Waals surface area contributed by atoms with Gasteiger partial charge in [-0.05, 0) is 12.5 Å². The Bertz CT molecular complexity index is 499. The van der Waals surface area contributed by atoms with Crippen molar-refractivity contribution in [2.45, 2.75) is 70.1 Å². The Hall–Kier alpha value is -1.48. The van der Waals surface area contributed by atoms with Gasteiger partial charge in [0.2, 0.25) is 0 Å². The lowest BCUT2D eigenvalue weighted by molar-refractivity contribution is -0.124. The van der Waals surface area contributed by atoms with Crippen molar-refractivity contribution in [2.24, 2.45) is 5.73 Å². The van der Waals surface area contributed by atoms with E-state index in [1.165, 1.54) is 36.4 Å². The highest BCUT2D eigenvalue weighted by atomic mass is 16.7. The van der Waals surface area contributed by atoms with Crippen LogP contribution in [-0.4, -0.2) is 53.2 Å². The average molecular weight is 355 g/mol. The van der Waals surface area contributed by atoms with Crippen molar-refractivity contribution in [2.75, 3.05) is 13.2 Å². The van der Waals surface area contributed by atoms with Gasteiger partial charge in [-0.3, -0.25) is 15.4 Å². The average Bonchev–Trinajstić information content (AvgIpc) is 3.06. The number of unbranched alkanes of at least 4 members (excludes halogenated alkanes) is 5. The zero-order chi connectivity index (χ0) is 18.3. The number of nitrogens with two attached hydrogens (primary N) is 1. The van der Waals surface area contributed by atoms with Crippen LogP contribution in [0.1, 0.15) is 51.9 Å². The normalized spacial score (nSPS) is 29.1. The molecule has 0 saturated carbocycles. The van der Waals surface area contributed by atoms with E-state index in [4.69, 9.17) is 20.3 Å². The molecule has 0 radical (unpaired) electrons. The standard InChI is InChI=1S/C17H29N3O5/c1-2-3-4-5-6-7-8-13(22)17(18)9-10-20(16(23)19-17)14-12-24-15(11-21)25-14/h9-10,14-15,21H,2-8,11-12,18H2,1H3,(H,19,23)/t14?,15?,17-/m0/s1. The minimum atomic E-state index is -1.48. The first-order valence-electron chi connectivity index (χ1n) is 9.00. The lowest BCUT2D eigenvalue weighted by Gasteiger charge is -2.35. The molecular weight excluding hydrogens is 326 g/mol. The number of amides is 2. The maximum Gasteiger partial charge on any atom is 0.325 e. The van der Waals surface area contributed by atoms with Crippen molar-refractivity contribution >= 4 is 11.8 Å². The monoisotopic (exact) mass is 355 g/mol. The highest BCUT2D eigenvalue weighted by molar-refractivity contribution is 5.95. The van der Waals surface area contributed by atoms with Crippen molar-refractivity contribution < 1.29 is 24.2 Å². The summed E-state index contributed by atoms with van der Waals surface area (Å²) < 4.78 is 10.6. The first-order valence-corrected chi connectivity index (χ1v) is 9.00. The number of aliphatic hydroxyl groups is 1. The largest absolute Gasteiger partial charge is 0.391 e. The van der Waals surface area contributed by atoms with E-state index in [2.05, 4.69) is 12.2 Å². The molecule has 8 nitrogen and oxygen atoms in total. The van der Waals surface area contributed by atoms with E-state index in [1.807, 2.05) is 0 Å². The summed E-state index contributed by atoms with van der Waals surface area (Å²) in [7, 11) is 0. The molecule has 142 valence electrons. The molecule has 0 aliphatic carbocycles. The topological polar surface area (TPSA) is 114 Å². The third kappa shape index (κ3) is 5.24. The smallest absolute Gasteiger partial charge is 0.325 e. The molecule has 0 aromatic carbocycles. The van der Waals surface area contributed by atoms with Crippen LogP contribution in [0.3, 0.4) is 0 Å². The van der Waals surface area contributed by atoms with Crippen LogP contribution >= 0.6 is 0 Å². The Morgan fingerprint density at radius 1 is 1.40 bits per heavy atom. The van der Waals surface area contributed by atoms with Gasteiger partial charge in [0.15, 0.2) is 24.0 Å². The number of urea groups is 1. The number of aliphatic hydroxyl groups excluding tert-OH is 1. The lowest BCUT2D eigenvalue weighted by atomic mass is 9.98. The Kier molecular flexibility index (Phi) is 7.37. The second kappa shape index (κ2) is 9.28. The van der Waals surface area contributed by atoms with Crippen LogP contribution in [0.5, 0.6) is 0 Å². The van der Waals surface area contributed by atoms with Crippen LogP contribution in [0.25, 0.3) is 0 Å². The molecule has 0 spiro atoms. The van der Waals surface area contributed by atoms with Crippen molar-refractivity contribution in [3.63, 3.8) is 0 Å². The van der Waals surface area contributed by atoms with Gasteiger partial charge < -0.3 is 19.9 Å². The highest BCUT2D eigenvalue weighted by Crippen LogP contribution is 2.21. The summed E-state index contributed by atoms with van der Waals surface area (Å²) >= 11 is 0. The molecule has 2 heterocycles. The van der Waals surface area contributed by atoms with E-state index in [0.717, 1.165) is 19.3 Å². The maximum atomic E-state index is 12.4. The molecular formula is C17H29N3O5. The number of hydrogen-bond acceptors (Lipinski definition) is 6. The van der Waals surface area contributed by atoms with E-state index >= 15 is 0 Å². The first-order chi connectivity index (χ1) is 12.0. The molecule has 2 unspecified atom stereocenters. The van der Waals surface area contributed by atoms with Crippen LogP contribution in [0.15, 0.2) is 12.3 Å². The second-order valence-electron chi connectivity index (χ2n) is 6.50. The number of nitrogens with zero attached hydrogens (tertiary/aromatic N) is 1. The third-order valence-corrected chi connectivity index (χ3v) is 4.46. The number of carbonyl (C=O) groups is 2. The SMILES string of the molecule is CCCCCCCCC(=O)[C@]1(N)C=CN(C2COC(CO)O2)C(=O)N1. The van der Waals surface area contributed by atoms with E-state index in [1.54, 1.807) is 0 Å². The first kappa shape index (κ1) is 19.8. The lowest BCUT2D eigenvalue weighted by Crippen LogP contribution is -2.65. The summed E-state index contributed by atoms with van der Waals surface area (Å²) in [4.78, 5) is 25.9. The van der Waals surface area contributed by atoms with Crippen molar-refractivity contribution in [3.05, 3.63) is 12.3 Å². The summed E-state index contributed by atoms with van der Waals surface area (Å²) in [6, 6.07) is -0.520. The van der Waals surface area contributed by atoms with Crippen LogP contribution in [-0.2, 0) is 14.3 Å². The van der Waals surface area contributed by atoms with Gasteiger partial charge in [-0.25, -0.2) is 4.79 Å². The molecule has 2 rings (SSSR count). The highest BCUT2D eigenvalue weighted by Gasteiger charge is 2.41. The predicted molar refractivity (Wildman–Crippen MR) is 91.1 cm³/mol. The molecule has 1 fully saturated rings. The van der Waals surface area contributed by atoms with Gasteiger partial charge in [0.1, 0.15) is 0 Å². The van der Waals surface area contributed by atoms with Crippen LogP contribution in [0, 0.1) is 0 Å². The van der Waals surface area contributed by atoms with Gasteiger partial charge in [0, 0.05) is 12.6 Å². The van der Waals surface area contributed by atoms with Crippen LogP contribution in [0.4, 0.5) is 4.79 Å². The minimum Gasteiger partial charge on any atom is -0.391 e. The van der Waals surface area contributed by atoms with Gasteiger partial charge in [-0.1, -0.05) is 39.0 Å². The number of rotatable bonds is 10. The van der Waals surface area contributed by atoms with E-state index in [9.17, 15) is 9.59 Å². The molecule has 0 aromatic rings.